The molecule has 0 radical (unpaired) electrons. The molecule has 0 spiro atoms. The van der Waals surface area contributed by atoms with Gasteiger partial charge in [-0.3, -0.25) is 4.79 Å². The first kappa shape index (κ1) is 16.3. The average Bonchev–Trinajstić information content (AvgIpc) is 3.10. The number of aliphatic hydroxyl groups is 1. The molecule has 3 rings (SSSR count). The number of nitrogens with zero attached hydrogens (tertiary/aromatic N) is 1. The minimum absolute atomic E-state index is 0.0284. The van der Waals surface area contributed by atoms with Gasteiger partial charge in [-0.05, 0) is 37.1 Å². The summed E-state index contributed by atoms with van der Waals surface area (Å²) in [5, 5.41) is 10.1. The van der Waals surface area contributed by atoms with Crippen LogP contribution in [0.25, 0.3) is 11.0 Å². The van der Waals surface area contributed by atoms with Gasteiger partial charge < -0.3 is 14.4 Å². The second-order valence-electron chi connectivity index (χ2n) is 5.49. The Morgan fingerprint density at radius 1 is 1.39 bits per heavy atom. The van der Waals surface area contributed by atoms with E-state index in [1.165, 1.54) is 6.07 Å². The van der Waals surface area contributed by atoms with Crippen LogP contribution in [0.3, 0.4) is 0 Å². The fourth-order valence-corrected chi connectivity index (χ4v) is 3.23. The molecule has 2 atom stereocenters. The molecule has 2 heterocycles. The number of halogens is 4. The van der Waals surface area contributed by atoms with E-state index in [1.807, 2.05) is 0 Å². The predicted octanol–water partition coefficient (Wildman–Crippen LogP) is 3.72. The van der Waals surface area contributed by atoms with E-state index >= 15 is 0 Å². The Morgan fingerprint density at radius 2 is 2.13 bits per heavy atom. The number of carbonyl (C=O) groups excluding carboxylic acids is 1. The maximum Gasteiger partial charge on any atom is 0.416 e. The van der Waals surface area contributed by atoms with E-state index in [9.17, 15) is 23.1 Å². The van der Waals surface area contributed by atoms with Gasteiger partial charge in [0.05, 0.1) is 6.04 Å². The molecule has 1 aromatic heterocycles. The van der Waals surface area contributed by atoms with Crippen molar-refractivity contribution in [1.82, 2.24) is 4.90 Å². The van der Waals surface area contributed by atoms with Crippen LogP contribution in [0, 0.1) is 0 Å². The molecule has 1 saturated heterocycles. The van der Waals surface area contributed by atoms with Gasteiger partial charge in [-0.15, -0.1) is 0 Å². The van der Waals surface area contributed by atoms with E-state index in [1.54, 1.807) is 18.2 Å². The molecule has 1 amide bonds. The zero-order valence-electron chi connectivity index (χ0n) is 11.8. The molecule has 0 aliphatic carbocycles. The van der Waals surface area contributed by atoms with Crippen LogP contribution in [0.1, 0.15) is 23.4 Å². The predicted molar refractivity (Wildman–Crippen MR) is 80.0 cm³/mol. The zero-order valence-corrected chi connectivity index (χ0v) is 13.4. The Bertz CT molecular complexity index is 743. The van der Waals surface area contributed by atoms with Crippen LogP contribution in [0.2, 0.25) is 0 Å². The SMILES string of the molecule is O=C(c1cc2cc(Br)ccc2o1)N1CCC[C@@H]1[C@H](O)C(F)(F)F. The largest absolute Gasteiger partial charge is 0.451 e. The third-order valence-electron chi connectivity index (χ3n) is 3.95. The molecule has 1 aliphatic rings. The number of furan rings is 1. The van der Waals surface area contributed by atoms with Gasteiger partial charge in [0.25, 0.3) is 5.91 Å². The van der Waals surface area contributed by atoms with Crippen molar-refractivity contribution in [2.24, 2.45) is 0 Å². The van der Waals surface area contributed by atoms with E-state index in [0.717, 1.165) is 9.37 Å². The van der Waals surface area contributed by atoms with Crippen molar-refractivity contribution in [2.75, 3.05) is 6.54 Å². The standard InChI is InChI=1S/C15H13BrF3NO3/c16-9-3-4-11-8(6-9)7-12(23-11)14(22)20-5-1-2-10(20)13(21)15(17,18)19/h3-4,6-7,10,13,21H,1-2,5H2/t10-,13+/m1/s1. The van der Waals surface area contributed by atoms with Crippen LogP contribution in [-0.4, -0.2) is 40.8 Å². The lowest BCUT2D eigenvalue weighted by molar-refractivity contribution is -0.216. The number of benzene rings is 1. The summed E-state index contributed by atoms with van der Waals surface area (Å²) in [6.07, 6.45) is -6.78. The molecule has 0 bridgehead atoms. The maximum absolute atomic E-state index is 12.7. The number of hydrogen-bond donors (Lipinski definition) is 1. The number of carbonyl (C=O) groups is 1. The highest BCUT2D eigenvalue weighted by atomic mass is 79.9. The maximum atomic E-state index is 12.7. The Balaban J connectivity index is 1.88. The first-order valence-corrected chi connectivity index (χ1v) is 7.81. The molecule has 1 fully saturated rings. The lowest BCUT2D eigenvalue weighted by Crippen LogP contribution is -2.49. The number of rotatable bonds is 2. The summed E-state index contributed by atoms with van der Waals surface area (Å²) in [5.74, 6) is -0.664. The van der Waals surface area contributed by atoms with Crippen molar-refractivity contribution in [2.45, 2.75) is 31.2 Å². The summed E-state index contributed by atoms with van der Waals surface area (Å²) < 4.78 is 44.4. The first-order valence-electron chi connectivity index (χ1n) is 7.02. The van der Waals surface area contributed by atoms with Crippen molar-refractivity contribution in [3.8, 4) is 0 Å². The molecular formula is C15H13BrF3NO3. The van der Waals surface area contributed by atoms with E-state index in [4.69, 9.17) is 4.42 Å². The molecule has 1 aromatic carbocycles. The summed E-state index contributed by atoms with van der Waals surface area (Å²) in [4.78, 5) is 13.5. The molecular weight excluding hydrogens is 379 g/mol. The smallest absolute Gasteiger partial charge is 0.416 e. The molecule has 4 nitrogen and oxygen atoms in total. The van der Waals surface area contributed by atoms with Gasteiger partial charge in [0.1, 0.15) is 5.58 Å². The van der Waals surface area contributed by atoms with Crippen molar-refractivity contribution in [3.63, 3.8) is 0 Å². The summed E-state index contributed by atoms with van der Waals surface area (Å²) in [6, 6.07) is 5.38. The highest BCUT2D eigenvalue weighted by molar-refractivity contribution is 9.10. The van der Waals surface area contributed by atoms with E-state index in [-0.39, 0.29) is 18.7 Å². The van der Waals surface area contributed by atoms with Crippen LogP contribution in [0.5, 0.6) is 0 Å². The van der Waals surface area contributed by atoms with E-state index < -0.39 is 24.2 Å². The summed E-state index contributed by atoms with van der Waals surface area (Å²) >= 11 is 3.30. The second-order valence-corrected chi connectivity index (χ2v) is 6.40. The van der Waals surface area contributed by atoms with Crippen LogP contribution >= 0.6 is 15.9 Å². The van der Waals surface area contributed by atoms with Crippen molar-refractivity contribution >= 4 is 32.8 Å². The molecule has 2 aromatic rings. The highest BCUT2D eigenvalue weighted by Crippen LogP contribution is 2.32. The summed E-state index contributed by atoms with van der Waals surface area (Å²) in [5.41, 5.74) is 0.476. The fraction of sp³-hybridized carbons (Fsp3) is 0.400. The third kappa shape index (κ3) is 3.10. The highest BCUT2D eigenvalue weighted by Gasteiger charge is 2.48. The number of amides is 1. The molecule has 1 N–H and O–H groups in total. The summed E-state index contributed by atoms with van der Waals surface area (Å²) in [7, 11) is 0. The topological polar surface area (TPSA) is 53.7 Å². The van der Waals surface area contributed by atoms with Crippen molar-refractivity contribution in [1.29, 1.82) is 0 Å². The van der Waals surface area contributed by atoms with Crippen LogP contribution < -0.4 is 0 Å². The lowest BCUT2D eigenvalue weighted by atomic mass is 10.1. The Hall–Kier alpha value is -1.54. The Labute approximate surface area is 138 Å². The van der Waals surface area contributed by atoms with Gasteiger partial charge in [-0.2, -0.15) is 13.2 Å². The molecule has 0 saturated carbocycles. The minimum Gasteiger partial charge on any atom is -0.451 e. The van der Waals surface area contributed by atoms with Gasteiger partial charge in [0.2, 0.25) is 0 Å². The quantitative estimate of drug-likeness (QED) is 0.848. The van der Waals surface area contributed by atoms with Crippen molar-refractivity contribution < 1.29 is 27.5 Å². The monoisotopic (exact) mass is 391 g/mol. The molecule has 8 heteroatoms. The van der Waals surface area contributed by atoms with E-state index in [0.29, 0.717) is 17.4 Å². The molecule has 1 aliphatic heterocycles. The number of aliphatic hydroxyl groups excluding tert-OH is 1. The van der Waals surface area contributed by atoms with E-state index in [2.05, 4.69) is 15.9 Å². The lowest BCUT2D eigenvalue weighted by Gasteiger charge is -2.29. The molecule has 124 valence electrons. The van der Waals surface area contributed by atoms with Crippen molar-refractivity contribution in [3.05, 3.63) is 34.5 Å². The normalized spacial score (nSPS) is 20.2. The second kappa shape index (κ2) is 5.83. The van der Waals surface area contributed by atoms with Crippen LogP contribution in [0.4, 0.5) is 13.2 Å². The van der Waals surface area contributed by atoms with Gasteiger partial charge in [-0.25, -0.2) is 0 Å². The minimum atomic E-state index is -4.76. The van der Waals surface area contributed by atoms with Crippen LogP contribution in [0.15, 0.2) is 33.2 Å². The van der Waals surface area contributed by atoms with Gasteiger partial charge in [-0.1, -0.05) is 15.9 Å². The van der Waals surface area contributed by atoms with Gasteiger partial charge >= 0.3 is 6.18 Å². The van der Waals surface area contributed by atoms with Crippen LogP contribution in [-0.2, 0) is 0 Å². The first-order chi connectivity index (χ1) is 10.8. The zero-order chi connectivity index (χ0) is 16.8. The summed E-state index contributed by atoms with van der Waals surface area (Å²) in [6.45, 7) is 0.164. The number of likely N-dealkylation sites (tertiary alicyclic amines) is 1. The molecule has 23 heavy (non-hydrogen) atoms. The molecule has 0 unspecified atom stereocenters. The Kier molecular flexibility index (Phi) is 4.14. The Morgan fingerprint density at radius 3 is 2.83 bits per heavy atom. The third-order valence-corrected chi connectivity index (χ3v) is 4.44. The average molecular weight is 392 g/mol. The number of hydrogen-bond acceptors (Lipinski definition) is 3. The van der Waals surface area contributed by atoms with Gasteiger partial charge in [0, 0.05) is 16.4 Å². The fourth-order valence-electron chi connectivity index (χ4n) is 2.85. The number of alkyl halides is 3. The van der Waals surface area contributed by atoms with Gasteiger partial charge in [0.15, 0.2) is 11.9 Å². The number of fused-ring (bicyclic) bond motifs is 1.